The Bertz CT molecular complexity index is 944. The molecule has 2 amide bonds. The van der Waals surface area contributed by atoms with Gasteiger partial charge in [-0.3, -0.25) is 34.3 Å². The predicted octanol–water partition coefficient (Wildman–Crippen LogP) is 1.82. The van der Waals surface area contributed by atoms with E-state index in [2.05, 4.69) is 0 Å². The number of benzene rings is 2. The lowest BCUT2D eigenvalue weighted by molar-refractivity contribution is -0.385. The Hall–Kier alpha value is -3.59. The van der Waals surface area contributed by atoms with Gasteiger partial charge >= 0.3 is 5.97 Å². The Kier molecular flexibility index (Phi) is 5.46. The topological polar surface area (TPSA) is 110 Å². The van der Waals surface area contributed by atoms with Crippen molar-refractivity contribution in [3.05, 3.63) is 75.3 Å². The molecule has 2 aromatic rings. The molecule has 9 nitrogen and oxygen atoms in total. The van der Waals surface area contributed by atoms with Crippen molar-refractivity contribution in [1.29, 1.82) is 0 Å². The minimum atomic E-state index is -0.754. The summed E-state index contributed by atoms with van der Waals surface area (Å²) in [6.45, 7) is -0.0696. The van der Waals surface area contributed by atoms with Crippen molar-refractivity contribution in [2.45, 2.75) is 6.54 Å². The number of rotatable bonds is 7. The average Bonchev–Trinajstić information content (AvgIpc) is 2.93. The number of hydrogen-bond donors (Lipinski definition) is 0. The summed E-state index contributed by atoms with van der Waals surface area (Å²) in [4.78, 5) is 50.2. The third-order valence-corrected chi connectivity index (χ3v) is 4.34. The highest BCUT2D eigenvalue weighted by Gasteiger charge is 2.41. The van der Waals surface area contributed by atoms with Gasteiger partial charge in [0.2, 0.25) is 0 Å². The van der Waals surface area contributed by atoms with Crippen LogP contribution in [-0.4, -0.2) is 52.8 Å². The molecule has 9 heteroatoms. The van der Waals surface area contributed by atoms with Crippen LogP contribution in [0.25, 0.3) is 0 Å². The van der Waals surface area contributed by atoms with Gasteiger partial charge in [0.25, 0.3) is 17.5 Å². The van der Waals surface area contributed by atoms with Gasteiger partial charge < -0.3 is 4.74 Å². The molecule has 1 aliphatic heterocycles. The maximum absolute atomic E-state index is 12.7. The van der Waals surface area contributed by atoms with Gasteiger partial charge in [0, 0.05) is 12.6 Å². The second-order valence-electron chi connectivity index (χ2n) is 6.19. The highest BCUT2D eigenvalue weighted by Crippen LogP contribution is 2.30. The van der Waals surface area contributed by atoms with E-state index in [4.69, 9.17) is 4.74 Å². The van der Waals surface area contributed by atoms with Crippen LogP contribution >= 0.6 is 0 Å². The van der Waals surface area contributed by atoms with Gasteiger partial charge in [0.15, 0.2) is 0 Å². The number of hydrogen-bond acceptors (Lipinski definition) is 7. The molecule has 1 heterocycles. The van der Waals surface area contributed by atoms with Gasteiger partial charge in [-0.05, 0) is 11.6 Å². The fourth-order valence-corrected chi connectivity index (χ4v) is 3.04. The fourth-order valence-electron chi connectivity index (χ4n) is 3.04. The molecule has 0 unspecified atom stereocenters. The first kappa shape index (κ1) is 19.2. The van der Waals surface area contributed by atoms with Crippen molar-refractivity contribution in [2.75, 3.05) is 20.3 Å². The average molecular weight is 383 g/mol. The molecule has 0 aliphatic carbocycles. The molecular weight excluding hydrogens is 366 g/mol. The number of carbonyl (C=O) groups is 3. The normalized spacial score (nSPS) is 13.0. The van der Waals surface area contributed by atoms with Gasteiger partial charge in [0.1, 0.15) is 5.56 Å². The van der Waals surface area contributed by atoms with E-state index in [-0.39, 0.29) is 30.9 Å². The molecule has 0 aromatic heterocycles. The molecule has 0 fully saturated rings. The van der Waals surface area contributed by atoms with E-state index in [9.17, 15) is 24.5 Å². The second kappa shape index (κ2) is 7.97. The molecule has 0 saturated carbocycles. The number of fused-ring (bicyclic) bond motifs is 1. The summed E-state index contributed by atoms with van der Waals surface area (Å²) < 4.78 is 4.69. The Morgan fingerprint density at radius 1 is 1.11 bits per heavy atom. The third kappa shape index (κ3) is 3.74. The largest absolute Gasteiger partial charge is 0.468 e. The minimum absolute atomic E-state index is 0.0167. The van der Waals surface area contributed by atoms with Crippen molar-refractivity contribution >= 4 is 23.5 Å². The molecule has 0 N–H and O–H groups in total. The van der Waals surface area contributed by atoms with Crippen LogP contribution in [0.2, 0.25) is 0 Å². The van der Waals surface area contributed by atoms with Crippen molar-refractivity contribution in [3.8, 4) is 0 Å². The summed E-state index contributed by atoms with van der Waals surface area (Å²) in [5.41, 5.74) is 0.210. The van der Waals surface area contributed by atoms with Crippen molar-refractivity contribution in [3.63, 3.8) is 0 Å². The zero-order chi connectivity index (χ0) is 20.3. The van der Waals surface area contributed by atoms with Crippen LogP contribution in [0, 0.1) is 10.1 Å². The first-order valence-corrected chi connectivity index (χ1v) is 8.39. The molecule has 3 rings (SSSR count). The number of nitro groups is 1. The van der Waals surface area contributed by atoms with Crippen molar-refractivity contribution in [1.82, 2.24) is 9.80 Å². The van der Waals surface area contributed by atoms with Crippen LogP contribution in [0.15, 0.2) is 48.5 Å². The highest BCUT2D eigenvalue weighted by atomic mass is 16.6. The predicted molar refractivity (Wildman–Crippen MR) is 97.3 cm³/mol. The van der Waals surface area contributed by atoms with Crippen LogP contribution in [0.3, 0.4) is 0 Å². The Morgan fingerprint density at radius 2 is 1.82 bits per heavy atom. The summed E-state index contributed by atoms with van der Waals surface area (Å²) in [7, 11) is 1.24. The van der Waals surface area contributed by atoms with Crippen LogP contribution in [-0.2, 0) is 16.1 Å². The van der Waals surface area contributed by atoms with Crippen molar-refractivity contribution < 1.29 is 24.0 Å². The molecule has 0 radical (unpaired) electrons. The first-order valence-electron chi connectivity index (χ1n) is 8.39. The molecule has 144 valence electrons. The molecule has 0 saturated heterocycles. The number of nitrogens with zero attached hydrogens (tertiary/aromatic N) is 3. The van der Waals surface area contributed by atoms with Gasteiger partial charge in [-0.15, -0.1) is 0 Å². The number of carbonyl (C=O) groups excluding carboxylic acids is 3. The number of esters is 1. The van der Waals surface area contributed by atoms with Crippen LogP contribution < -0.4 is 0 Å². The zero-order valence-electron chi connectivity index (χ0n) is 15.0. The SMILES string of the molecule is COC(=O)CN(Cc1ccccc1)CN1C(=O)c2cccc([N+](=O)[O-])c2C1=O. The molecule has 1 aliphatic rings. The number of ether oxygens (including phenoxy) is 1. The smallest absolute Gasteiger partial charge is 0.319 e. The summed E-state index contributed by atoms with van der Waals surface area (Å²) in [6.07, 6.45) is 0. The minimum Gasteiger partial charge on any atom is -0.468 e. The Labute approximate surface area is 160 Å². The molecule has 0 atom stereocenters. The lowest BCUT2D eigenvalue weighted by Gasteiger charge is -2.25. The third-order valence-electron chi connectivity index (χ3n) is 4.34. The summed E-state index contributed by atoms with van der Waals surface area (Å²) in [5.74, 6) is -1.92. The second-order valence-corrected chi connectivity index (χ2v) is 6.19. The number of nitro benzene ring substituents is 1. The van der Waals surface area contributed by atoms with E-state index in [1.807, 2.05) is 30.3 Å². The van der Waals surface area contributed by atoms with E-state index in [0.29, 0.717) is 0 Å². The van der Waals surface area contributed by atoms with Crippen LogP contribution in [0.4, 0.5) is 5.69 Å². The highest BCUT2D eigenvalue weighted by molar-refractivity contribution is 6.23. The zero-order valence-corrected chi connectivity index (χ0v) is 15.0. The van der Waals surface area contributed by atoms with Crippen LogP contribution in [0.1, 0.15) is 26.3 Å². The molecule has 2 aromatic carbocycles. The quantitative estimate of drug-likeness (QED) is 0.310. The fraction of sp³-hybridized carbons (Fsp3) is 0.211. The lowest BCUT2D eigenvalue weighted by Crippen LogP contribution is -2.43. The van der Waals surface area contributed by atoms with Crippen molar-refractivity contribution in [2.24, 2.45) is 0 Å². The van der Waals surface area contributed by atoms with E-state index < -0.39 is 28.4 Å². The number of amides is 2. The Balaban J connectivity index is 1.87. The summed E-state index contributed by atoms with van der Waals surface area (Å²) in [5, 5.41) is 11.2. The monoisotopic (exact) mass is 383 g/mol. The van der Waals surface area contributed by atoms with E-state index in [0.717, 1.165) is 10.5 Å². The van der Waals surface area contributed by atoms with E-state index >= 15 is 0 Å². The van der Waals surface area contributed by atoms with Gasteiger partial charge in [-0.1, -0.05) is 36.4 Å². The van der Waals surface area contributed by atoms with Gasteiger partial charge in [-0.2, -0.15) is 0 Å². The van der Waals surface area contributed by atoms with Gasteiger partial charge in [-0.25, -0.2) is 0 Å². The van der Waals surface area contributed by atoms with Gasteiger partial charge in [0.05, 0.1) is 30.8 Å². The molecular formula is C19H17N3O6. The molecule has 0 spiro atoms. The number of imide groups is 1. The maximum atomic E-state index is 12.7. The lowest BCUT2D eigenvalue weighted by atomic mass is 10.1. The maximum Gasteiger partial charge on any atom is 0.319 e. The first-order chi connectivity index (χ1) is 13.4. The van der Waals surface area contributed by atoms with Crippen LogP contribution in [0.5, 0.6) is 0 Å². The van der Waals surface area contributed by atoms with E-state index in [1.54, 1.807) is 4.90 Å². The summed E-state index contributed by atoms with van der Waals surface area (Å²) >= 11 is 0. The molecule has 0 bridgehead atoms. The standard InChI is InChI=1S/C19H17N3O6/c1-28-16(23)11-20(10-13-6-3-2-4-7-13)12-21-18(24)14-8-5-9-15(22(26)27)17(14)19(21)25/h2-9H,10-12H2,1H3. The number of methoxy groups -OCH3 is 1. The van der Waals surface area contributed by atoms with E-state index in [1.165, 1.54) is 25.3 Å². The Morgan fingerprint density at radius 3 is 2.46 bits per heavy atom. The molecule has 28 heavy (non-hydrogen) atoms. The summed E-state index contributed by atoms with van der Waals surface area (Å²) in [6, 6.07) is 13.1.